The molecule has 0 saturated carbocycles. The number of anilines is 4. The number of benzene rings is 1. The molecule has 146 valence electrons. The summed E-state index contributed by atoms with van der Waals surface area (Å²) >= 11 is 0. The van der Waals surface area contributed by atoms with Crippen molar-refractivity contribution < 1.29 is 9.53 Å². The highest BCUT2D eigenvalue weighted by molar-refractivity contribution is 5.90. The minimum atomic E-state index is -0.326. The van der Waals surface area contributed by atoms with E-state index in [9.17, 15) is 4.79 Å². The number of nitrogens with zero attached hydrogens (tertiary/aromatic N) is 2. The minimum absolute atomic E-state index is 0.305. The van der Waals surface area contributed by atoms with Gasteiger partial charge in [0.25, 0.3) is 0 Å². The second kappa shape index (κ2) is 9.75. The van der Waals surface area contributed by atoms with E-state index in [-0.39, 0.29) is 5.97 Å². The highest BCUT2D eigenvalue weighted by atomic mass is 16.5. The predicted octanol–water partition coefficient (Wildman–Crippen LogP) is 4.07. The number of aromatic nitrogens is 2. The van der Waals surface area contributed by atoms with E-state index < -0.39 is 0 Å². The summed E-state index contributed by atoms with van der Waals surface area (Å²) in [6.45, 7) is 9.53. The molecular formula is C20H29N5O2. The maximum absolute atomic E-state index is 12.0. The van der Waals surface area contributed by atoms with Crippen LogP contribution in [0.1, 0.15) is 44.5 Å². The molecule has 0 aliphatic rings. The van der Waals surface area contributed by atoms with Crippen LogP contribution in [0.25, 0.3) is 0 Å². The molecule has 0 radical (unpaired) electrons. The van der Waals surface area contributed by atoms with Gasteiger partial charge in [-0.05, 0) is 42.5 Å². The molecule has 7 heteroatoms. The van der Waals surface area contributed by atoms with E-state index in [1.54, 1.807) is 24.3 Å². The molecule has 0 aliphatic carbocycles. The van der Waals surface area contributed by atoms with E-state index in [4.69, 9.17) is 10.5 Å². The largest absolute Gasteiger partial charge is 0.462 e. The standard InChI is InChI=1S/C20H29N5O2/c1-13(2)9-10-22-18-17(21)19(24-12-23-18)25-16-7-5-15(6-8-16)20(26)27-11-14(3)4/h5-8,12-14H,9-11,21H2,1-4H3,(H2,22,23,24,25). The molecule has 0 fully saturated rings. The van der Waals surface area contributed by atoms with E-state index in [0.29, 0.717) is 41.3 Å². The van der Waals surface area contributed by atoms with Crippen LogP contribution >= 0.6 is 0 Å². The first-order valence-electron chi connectivity index (χ1n) is 9.25. The van der Waals surface area contributed by atoms with Gasteiger partial charge in [-0.1, -0.05) is 27.7 Å². The molecule has 1 aromatic carbocycles. The average Bonchev–Trinajstić information content (AvgIpc) is 2.63. The molecule has 2 aromatic rings. The number of hydrogen-bond donors (Lipinski definition) is 3. The van der Waals surface area contributed by atoms with Crippen LogP contribution in [0.15, 0.2) is 30.6 Å². The lowest BCUT2D eigenvalue weighted by molar-refractivity contribution is 0.0459. The first-order valence-corrected chi connectivity index (χ1v) is 9.25. The fourth-order valence-corrected chi connectivity index (χ4v) is 2.27. The van der Waals surface area contributed by atoms with Crippen molar-refractivity contribution in [3.05, 3.63) is 36.2 Å². The Bertz CT molecular complexity index is 745. The number of nitrogen functional groups attached to an aromatic ring is 1. The van der Waals surface area contributed by atoms with Gasteiger partial charge in [-0.3, -0.25) is 0 Å². The number of nitrogens with one attached hydrogen (secondary N) is 2. The van der Waals surface area contributed by atoms with Crippen molar-refractivity contribution in [3.8, 4) is 0 Å². The smallest absolute Gasteiger partial charge is 0.338 e. The van der Waals surface area contributed by atoms with E-state index in [0.717, 1.165) is 18.7 Å². The Labute approximate surface area is 160 Å². The number of nitrogens with two attached hydrogens (primary N) is 1. The van der Waals surface area contributed by atoms with Crippen molar-refractivity contribution >= 4 is 29.0 Å². The second-order valence-corrected chi connectivity index (χ2v) is 7.29. The summed E-state index contributed by atoms with van der Waals surface area (Å²) < 4.78 is 5.23. The van der Waals surface area contributed by atoms with Gasteiger partial charge in [0.05, 0.1) is 12.2 Å². The Kier molecular flexibility index (Phi) is 7.40. The lowest BCUT2D eigenvalue weighted by Gasteiger charge is -2.13. The van der Waals surface area contributed by atoms with Crippen molar-refractivity contribution in [1.29, 1.82) is 0 Å². The topological polar surface area (TPSA) is 102 Å². The molecule has 0 aliphatic heterocycles. The predicted molar refractivity (Wildman–Crippen MR) is 109 cm³/mol. The van der Waals surface area contributed by atoms with Gasteiger partial charge >= 0.3 is 5.97 Å². The molecule has 0 unspecified atom stereocenters. The molecular weight excluding hydrogens is 342 g/mol. The van der Waals surface area contributed by atoms with Crippen LogP contribution in [0.5, 0.6) is 0 Å². The summed E-state index contributed by atoms with van der Waals surface area (Å²) in [6.07, 6.45) is 2.49. The highest BCUT2D eigenvalue weighted by Gasteiger charge is 2.10. The van der Waals surface area contributed by atoms with Crippen LogP contribution < -0.4 is 16.4 Å². The minimum Gasteiger partial charge on any atom is -0.462 e. The SMILES string of the molecule is CC(C)CCNc1ncnc(Nc2ccc(C(=O)OCC(C)C)cc2)c1N. The van der Waals surface area contributed by atoms with Gasteiger partial charge in [0, 0.05) is 12.2 Å². The van der Waals surface area contributed by atoms with Crippen molar-refractivity contribution in [2.45, 2.75) is 34.1 Å². The van der Waals surface area contributed by atoms with Crippen molar-refractivity contribution in [1.82, 2.24) is 9.97 Å². The summed E-state index contributed by atoms with van der Waals surface area (Å²) in [5.74, 6) is 1.71. The monoisotopic (exact) mass is 371 g/mol. The van der Waals surface area contributed by atoms with E-state index in [1.807, 2.05) is 13.8 Å². The van der Waals surface area contributed by atoms with Gasteiger partial charge in [0.15, 0.2) is 11.6 Å². The molecule has 1 heterocycles. The number of carbonyl (C=O) groups is 1. The summed E-state index contributed by atoms with van der Waals surface area (Å²) in [5, 5.41) is 6.40. The zero-order valence-corrected chi connectivity index (χ0v) is 16.5. The molecule has 1 aromatic heterocycles. The molecule has 0 bridgehead atoms. The molecule has 0 spiro atoms. The Morgan fingerprint density at radius 2 is 1.74 bits per heavy atom. The second-order valence-electron chi connectivity index (χ2n) is 7.29. The highest BCUT2D eigenvalue weighted by Crippen LogP contribution is 2.26. The summed E-state index contributed by atoms with van der Waals surface area (Å²) in [4.78, 5) is 20.4. The summed E-state index contributed by atoms with van der Waals surface area (Å²) in [5.41, 5.74) is 7.91. The average molecular weight is 371 g/mol. The zero-order chi connectivity index (χ0) is 19.8. The number of ether oxygens (including phenoxy) is 1. The molecule has 4 N–H and O–H groups in total. The van der Waals surface area contributed by atoms with Crippen LogP contribution in [-0.4, -0.2) is 29.1 Å². The Morgan fingerprint density at radius 3 is 2.37 bits per heavy atom. The quantitative estimate of drug-likeness (QED) is 0.571. The normalized spacial score (nSPS) is 10.9. The first kappa shape index (κ1) is 20.5. The fourth-order valence-electron chi connectivity index (χ4n) is 2.27. The van der Waals surface area contributed by atoms with Gasteiger partial charge in [0.1, 0.15) is 12.0 Å². The third-order valence-electron chi connectivity index (χ3n) is 3.83. The molecule has 7 nitrogen and oxygen atoms in total. The van der Waals surface area contributed by atoms with E-state index in [2.05, 4.69) is 34.4 Å². The van der Waals surface area contributed by atoms with E-state index in [1.165, 1.54) is 6.33 Å². The van der Waals surface area contributed by atoms with E-state index >= 15 is 0 Å². The fraction of sp³-hybridized carbons (Fsp3) is 0.450. The summed E-state index contributed by atoms with van der Waals surface area (Å²) in [6, 6.07) is 7.01. The van der Waals surface area contributed by atoms with Crippen LogP contribution in [-0.2, 0) is 4.74 Å². The Morgan fingerprint density at radius 1 is 1.07 bits per heavy atom. The van der Waals surface area contributed by atoms with Crippen LogP contribution in [0.2, 0.25) is 0 Å². The summed E-state index contributed by atoms with van der Waals surface area (Å²) in [7, 11) is 0. The van der Waals surface area contributed by atoms with Gasteiger partial charge in [-0.2, -0.15) is 0 Å². The molecule has 0 amide bonds. The van der Waals surface area contributed by atoms with Gasteiger partial charge in [-0.15, -0.1) is 0 Å². The number of hydrogen-bond acceptors (Lipinski definition) is 7. The maximum atomic E-state index is 12.0. The number of esters is 1. The lowest BCUT2D eigenvalue weighted by Crippen LogP contribution is -2.11. The third kappa shape index (κ3) is 6.44. The third-order valence-corrected chi connectivity index (χ3v) is 3.83. The number of rotatable bonds is 9. The van der Waals surface area contributed by atoms with Crippen molar-refractivity contribution in [2.24, 2.45) is 11.8 Å². The Balaban J connectivity index is 2.01. The van der Waals surface area contributed by atoms with Gasteiger partial charge in [-0.25, -0.2) is 14.8 Å². The van der Waals surface area contributed by atoms with Crippen LogP contribution in [0.4, 0.5) is 23.0 Å². The van der Waals surface area contributed by atoms with Crippen LogP contribution in [0, 0.1) is 11.8 Å². The first-order chi connectivity index (χ1) is 12.9. The maximum Gasteiger partial charge on any atom is 0.338 e. The van der Waals surface area contributed by atoms with Crippen LogP contribution in [0.3, 0.4) is 0 Å². The molecule has 0 atom stereocenters. The Hall–Kier alpha value is -2.83. The molecule has 2 rings (SSSR count). The number of carbonyl (C=O) groups excluding carboxylic acids is 1. The zero-order valence-electron chi connectivity index (χ0n) is 16.5. The van der Waals surface area contributed by atoms with Gasteiger partial charge < -0.3 is 21.1 Å². The molecule has 0 saturated heterocycles. The van der Waals surface area contributed by atoms with Crippen molar-refractivity contribution in [2.75, 3.05) is 29.5 Å². The van der Waals surface area contributed by atoms with Crippen molar-refractivity contribution in [3.63, 3.8) is 0 Å². The lowest BCUT2D eigenvalue weighted by atomic mass is 10.1. The molecule has 27 heavy (non-hydrogen) atoms. The van der Waals surface area contributed by atoms with Gasteiger partial charge in [0.2, 0.25) is 0 Å².